The molecule has 0 aliphatic carbocycles. The van der Waals surface area contributed by atoms with Gasteiger partial charge in [-0.25, -0.2) is 0 Å². The van der Waals surface area contributed by atoms with Crippen LogP contribution in [-0.4, -0.2) is 19.6 Å². The van der Waals surface area contributed by atoms with Gasteiger partial charge < -0.3 is 15.8 Å². The molecular formula is C14H21BrN2O2. The van der Waals surface area contributed by atoms with Crippen molar-refractivity contribution >= 4 is 27.5 Å². The van der Waals surface area contributed by atoms with E-state index in [1.54, 1.807) is 13.2 Å². The molecule has 1 aromatic rings. The molecule has 0 aromatic heterocycles. The van der Waals surface area contributed by atoms with Gasteiger partial charge in [0.25, 0.3) is 0 Å². The molecule has 0 spiro atoms. The van der Waals surface area contributed by atoms with Gasteiger partial charge >= 0.3 is 0 Å². The molecule has 106 valence electrons. The second kappa shape index (κ2) is 7.50. The SMILES string of the molecule is COc1ccc(Br)cc1NC(=O)C(CN)CC(C)C. The van der Waals surface area contributed by atoms with Crippen molar-refractivity contribution in [2.24, 2.45) is 17.6 Å². The molecule has 0 aliphatic heterocycles. The monoisotopic (exact) mass is 328 g/mol. The second-order valence-electron chi connectivity index (χ2n) is 4.90. The van der Waals surface area contributed by atoms with Crippen molar-refractivity contribution < 1.29 is 9.53 Å². The molecule has 1 unspecified atom stereocenters. The fourth-order valence-electron chi connectivity index (χ4n) is 1.89. The first-order chi connectivity index (χ1) is 8.97. The number of hydrogen-bond acceptors (Lipinski definition) is 3. The molecule has 0 aliphatic rings. The molecule has 1 rings (SSSR count). The van der Waals surface area contributed by atoms with E-state index in [1.807, 2.05) is 12.1 Å². The Kier molecular flexibility index (Phi) is 6.31. The standard InChI is InChI=1S/C14H21BrN2O2/c1-9(2)6-10(8-16)14(18)17-12-7-11(15)4-5-13(12)19-3/h4-5,7,9-10H,6,8,16H2,1-3H3,(H,17,18). The molecule has 1 aromatic carbocycles. The lowest BCUT2D eigenvalue weighted by Gasteiger charge is -2.18. The van der Waals surface area contributed by atoms with Gasteiger partial charge in [-0.1, -0.05) is 29.8 Å². The Morgan fingerprint density at radius 1 is 1.47 bits per heavy atom. The lowest BCUT2D eigenvalue weighted by molar-refractivity contribution is -0.120. The summed E-state index contributed by atoms with van der Waals surface area (Å²) in [5.74, 6) is 0.830. The summed E-state index contributed by atoms with van der Waals surface area (Å²) < 4.78 is 6.11. The number of carbonyl (C=O) groups is 1. The van der Waals surface area contributed by atoms with E-state index in [0.717, 1.165) is 10.9 Å². The smallest absolute Gasteiger partial charge is 0.228 e. The number of methoxy groups -OCH3 is 1. The zero-order valence-corrected chi connectivity index (χ0v) is 13.2. The number of carbonyl (C=O) groups excluding carboxylic acids is 1. The van der Waals surface area contributed by atoms with E-state index >= 15 is 0 Å². The molecule has 0 fully saturated rings. The largest absolute Gasteiger partial charge is 0.495 e. The van der Waals surface area contributed by atoms with E-state index in [2.05, 4.69) is 35.1 Å². The van der Waals surface area contributed by atoms with Gasteiger partial charge in [0.05, 0.1) is 18.7 Å². The molecule has 0 bridgehead atoms. The maximum absolute atomic E-state index is 12.2. The zero-order chi connectivity index (χ0) is 14.4. The van der Waals surface area contributed by atoms with Gasteiger partial charge in [-0.2, -0.15) is 0 Å². The lowest BCUT2D eigenvalue weighted by Crippen LogP contribution is -2.30. The number of halogens is 1. The summed E-state index contributed by atoms with van der Waals surface area (Å²) in [5, 5.41) is 2.88. The van der Waals surface area contributed by atoms with Gasteiger partial charge in [-0.3, -0.25) is 4.79 Å². The average Bonchev–Trinajstić information content (AvgIpc) is 2.35. The van der Waals surface area contributed by atoms with E-state index in [9.17, 15) is 4.79 Å². The molecule has 1 atom stereocenters. The fraction of sp³-hybridized carbons (Fsp3) is 0.500. The van der Waals surface area contributed by atoms with E-state index in [4.69, 9.17) is 10.5 Å². The Bertz CT molecular complexity index is 435. The van der Waals surface area contributed by atoms with E-state index in [1.165, 1.54) is 0 Å². The van der Waals surface area contributed by atoms with Crippen LogP contribution < -0.4 is 15.8 Å². The lowest BCUT2D eigenvalue weighted by atomic mass is 9.96. The minimum absolute atomic E-state index is 0.0624. The van der Waals surface area contributed by atoms with Gasteiger partial charge in [0.15, 0.2) is 0 Å². The predicted molar refractivity (Wildman–Crippen MR) is 81.3 cm³/mol. The molecule has 0 radical (unpaired) electrons. The maximum atomic E-state index is 12.2. The first-order valence-corrected chi connectivity index (χ1v) is 7.11. The van der Waals surface area contributed by atoms with Gasteiger partial charge in [0.1, 0.15) is 5.75 Å². The maximum Gasteiger partial charge on any atom is 0.228 e. The predicted octanol–water partition coefficient (Wildman–Crippen LogP) is 3.02. The van der Waals surface area contributed by atoms with Crippen molar-refractivity contribution in [3.63, 3.8) is 0 Å². The Labute approximate surface area is 122 Å². The Hall–Kier alpha value is -1.07. The van der Waals surface area contributed by atoms with Crippen LogP contribution in [0.15, 0.2) is 22.7 Å². The van der Waals surface area contributed by atoms with Crippen LogP contribution in [-0.2, 0) is 4.79 Å². The van der Waals surface area contributed by atoms with Gasteiger partial charge in [-0.05, 0) is 30.5 Å². The van der Waals surface area contributed by atoms with Crippen LogP contribution in [0.1, 0.15) is 20.3 Å². The molecule has 4 nitrogen and oxygen atoms in total. The Balaban J connectivity index is 2.83. The summed E-state index contributed by atoms with van der Waals surface area (Å²) in [6, 6.07) is 5.49. The molecule has 3 N–H and O–H groups in total. The highest BCUT2D eigenvalue weighted by Crippen LogP contribution is 2.28. The Morgan fingerprint density at radius 2 is 2.16 bits per heavy atom. The molecule has 1 amide bonds. The normalized spacial score (nSPS) is 12.3. The van der Waals surface area contributed by atoms with Crippen LogP contribution >= 0.6 is 15.9 Å². The molecule has 0 heterocycles. The minimum Gasteiger partial charge on any atom is -0.495 e. The number of ether oxygens (including phenoxy) is 1. The number of amides is 1. The summed E-state index contributed by atoms with van der Waals surface area (Å²) in [5.41, 5.74) is 6.33. The number of benzene rings is 1. The number of nitrogens with two attached hydrogens (primary N) is 1. The topological polar surface area (TPSA) is 64.3 Å². The average molecular weight is 329 g/mol. The highest BCUT2D eigenvalue weighted by Gasteiger charge is 2.19. The first-order valence-electron chi connectivity index (χ1n) is 6.32. The number of nitrogens with one attached hydrogen (secondary N) is 1. The van der Waals surface area contributed by atoms with E-state index in [0.29, 0.717) is 23.9 Å². The van der Waals surface area contributed by atoms with Crippen molar-refractivity contribution in [1.82, 2.24) is 0 Å². The van der Waals surface area contributed by atoms with Crippen molar-refractivity contribution in [3.8, 4) is 5.75 Å². The summed E-state index contributed by atoms with van der Waals surface area (Å²) in [4.78, 5) is 12.2. The van der Waals surface area contributed by atoms with Crippen molar-refractivity contribution in [3.05, 3.63) is 22.7 Å². The van der Waals surface area contributed by atoms with Crippen LogP contribution in [0.2, 0.25) is 0 Å². The van der Waals surface area contributed by atoms with Crippen LogP contribution in [0.5, 0.6) is 5.75 Å². The van der Waals surface area contributed by atoms with Gasteiger partial charge in [0, 0.05) is 11.0 Å². The second-order valence-corrected chi connectivity index (χ2v) is 5.81. The molecular weight excluding hydrogens is 308 g/mol. The van der Waals surface area contributed by atoms with Gasteiger partial charge in [0.2, 0.25) is 5.91 Å². The summed E-state index contributed by atoms with van der Waals surface area (Å²) in [6.45, 7) is 4.51. The third-order valence-electron chi connectivity index (χ3n) is 2.83. The Morgan fingerprint density at radius 3 is 2.68 bits per heavy atom. The molecule has 0 saturated heterocycles. The fourth-order valence-corrected chi connectivity index (χ4v) is 2.25. The van der Waals surface area contributed by atoms with Crippen molar-refractivity contribution in [2.75, 3.05) is 19.0 Å². The van der Waals surface area contributed by atoms with Gasteiger partial charge in [-0.15, -0.1) is 0 Å². The quantitative estimate of drug-likeness (QED) is 0.843. The van der Waals surface area contributed by atoms with Crippen molar-refractivity contribution in [1.29, 1.82) is 0 Å². The van der Waals surface area contributed by atoms with E-state index < -0.39 is 0 Å². The molecule has 19 heavy (non-hydrogen) atoms. The molecule has 5 heteroatoms. The van der Waals surface area contributed by atoms with E-state index in [-0.39, 0.29) is 11.8 Å². The zero-order valence-electron chi connectivity index (χ0n) is 11.6. The number of anilines is 1. The number of rotatable bonds is 6. The highest BCUT2D eigenvalue weighted by atomic mass is 79.9. The van der Waals surface area contributed by atoms with Crippen LogP contribution in [0.4, 0.5) is 5.69 Å². The highest BCUT2D eigenvalue weighted by molar-refractivity contribution is 9.10. The third kappa shape index (κ3) is 4.84. The van der Waals surface area contributed by atoms with Crippen molar-refractivity contribution in [2.45, 2.75) is 20.3 Å². The third-order valence-corrected chi connectivity index (χ3v) is 3.32. The minimum atomic E-state index is -0.177. The summed E-state index contributed by atoms with van der Waals surface area (Å²) >= 11 is 3.38. The summed E-state index contributed by atoms with van der Waals surface area (Å²) in [7, 11) is 1.58. The van der Waals surface area contributed by atoms with Crippen LogP contribution in [0.25, 0.3) is 0 Å². The van der Waals surface area contributed by atoms with Crippen LogP contribution in [0.3, 0.4) is 0 Å². The van der Waals surface area contributed by atoms with Crippen LogP contribution in [0, 0.1) is 11.8 Å². The first kappa shape index (κ1) is 16.0. The summed E-state index contributed by atoms with van der Waals surface area (Å²) in [6.07, 6.45) is 0.776. The number of hydrogen-bond donors (Lipinski definition) is 2. The molecule has 0 saturated carbocycles.